The van der Waals surface area contributed by atoms with E-state index in [1.807, 2.05) is 45.0 Å². The van der Waals surface area contributed by atoms with E-state index in [1.54, 1.807) is 0 Å². The molecule has 0 bridgehead atoms. The van der Waals surface area contributed by atoms with Gasteiger partial charge >= 0.3 is 0 Å². The van der Waals surface area contributed by atoms with Gasteiger partial charge < -0.3 is 5.11 Å². The molecule has 0 aliphatic rings. The summed E-state index contributed by atoms with van der Waals surface area (Å²) in [6.07, 6.45) is 0.754. The van der Waals surface area contributed by atoms with E-state index in [2.05, 4.69) is 0 Å². The number of aliphatic hydroxyl groups is 1. The first-order valence-electron chi connectivity index (χ1n) is 7.10. The van der Waals surface area contributed by atoms with Gasteiger partial charge in [-0.3, -0.25) is 0 Å². The van der Waals surface area contributed by atoms with Crippen molar-refractivity contribution >= 4 is 31.4 Å². The Kier molecular flexibility index (Phi) is 5.03. The zero-order valence-corrected chi connectivity index (χ0v) is 14.2. The Hall–Kier alpha value is -0.950. The predicted molar refractivity (Wildman–Crippen MR) is 87.1 cm³/mol. The standard InChI is InChI=1S/C15H21NO3S2/c1-4-11(3)16(5-2)21(18,19)15-12-8-6-7-9-13(12)20-14(15)10-17/h6-9,11,17H,4-5,10H2,1-3H3. The van der Waals surface area contributed by atoms with Crippen LogP contribution in [-0.2, 0) is 16.6 Å². The Morgan fingerprint density at radius 3 is 2.52 bits per heavy atom. The van der Waals surface area contributed by atoms with Crippen molar-refractivity contribution in [1.82, 2.24) is 4.31 Å². The van der Waals surface area contributed by atoms with Crippen molar-refractivity contribution in [2.45, 2.75) is 44.7 Å². The van der Waals surface area contributed by atoms with Crippen LogP contribution in [0, 0.1) is 0 Å². The van der Waals surface area contributed by atoms with E-state index in [0.717, 1.165) is 11.1 Å². The highest BCUT2D eigenvalue weighted by atomic mass is 32.2. The lowest BCUT2D eigenvalue weighted by Gasteiger charge is -2.26. The maximum Gasteiger partial charge on any atom is 0.245 e. The molecule has 0 radical (unpaired) electrons. The van der Waals surface area contributed by atoms with Crippen molar-refractivity contribution in [3.05, 3.63) is 29.1 Å². The first-order valence-corrected chi connectivity index (χ1v) is 9.36. The summed E-state index contributed by atoms with van der Waals surface area (Å²) in [5.41, 5.74) is 0. The van der Waals surface area contributed by atoms with Gasteiger partial charge in [-0.2, -0.15) is 4.31 Å². The third-order valence-electron chi connectivity index (χ3n) is 3.72. The van der Waals surface area contributed by atoms with E-state index in [-0.39, 0.29) is 17.5 Å². The summed E-state index contributed by atoms with van der Waals surface area (Å²) in [6.45, 7) is 5.89. The minimum Gasteiger partial charge on any atom is -0.391 e. The predicted octanol–water partition coefficient (Wildman–Crippen LogP) is 3.20. The molecule has 0 aliphatic heterocycles. The number of benzene rings is 1. The number of thiophene rings is 1. The van der Waals surface area contributed by atoms with Gasteiger partial charge in [0.1, 0.15) is 4.90 Å². The molecule has 0 fully saturated rings. The van der Waals surface area contributed by atoms with Crippen LogP contribution < -0.4 is 0 Å². The lowest BCUT2D eigenvalue weighted by molar-refractivity contribution is 0.281. The molecule has 4 nitrogen and oxygen atoms in total. The lowest BCUT2D eigenvalue weighted by Crippen LogP contribution is -2.38. The van der Waals surface area contributed by atoms with Gasteiger partial charge in [0.25, 0.3) is 0 Å². The summed E-state index contributed by atoms with van der Waals surface area (Å²) >= 11 is 1.34. The number of rotatable bonds is 6. The zero-order chi connectivity index (χ0) is 15.6. The zero-order valence-electron chi connectivity index (χ0n) is 12.5. The SMILES string of the molecule is CCC(C)N(CC)S(=O)(=O)c1c(CO)sc2ccccc12. The Balaban J connectivity index is 2.69. The smallest absolute Gasteiger partial charge is 0.245 e. The molecule has 0 amide bonds. The van der Waals surface area contributed by atoms with Crippen molar-refractivity contribution in [1.29, 1.82) is 0 Å². The van der Waals surface area contributed by atoms with Gasteiger partial charge in [-0.15, -0.1) is 11.3 Å². The summed E-state index contributed by atoms with van der Waals surface area (Å²) < 4.78 is 28.5. The van der Waals surface area contributed by atoms with Crippen LogP contribution in [0.4, 0.5) is 0 Å². The molecule has 1 atom stereocenters. The van der Waals surface area contributed by atoms with Crippen molar-refractivity contribution in [3.63, 3.8) is 0 Å². The second-order valence-electron chi connectivity index (χ2n) is 4.97. The molecule has 1 N–H and O–H groups in total. The van der Waals surface area contributed by atoms with E-state index in [9.17, 15) is 13.5 Å². The maximum atomic E-state index is 13.0. The highest BCUT2D eigenvalue weighted by molar-refractivity contribution is 7.89. The van der Waals surface area contributed by atoms with Crippen LogP contribution in [0.2, 0.25) is 0 Å². The summed E-state index contributed by atoms with van der Waals surface area (Å²) in [6, 6.07) is 7.34. The van der Waals surface area contributed by atoms with Crippen molar-refractivity contribution in [2.75, 3.05) is 6.54 Å². The Bertz CT molecular complexity index is 722. The molecule has 1 aromatic carbocycles. The Morgan fingerprint density at radius 1 is 1.29 bits per heavy atom. The molecule has 2 rings (SSSR count). The highest BCUT2D eigenvalue weighted by Gasteiger charge is 2.31. The molecular weight excluding hydrogens is 306 g/mol. The fourth-order valence-electron chi connectivity index (χ4n) is 2.50. The lowest BCUT2D eigenvalue weighted by atomic mass is 10.2. The largest absolute Gasteiger partial charge is 0.391 e. The summed E-state index contributed by atoms with van der Waals surface area (Å²) in [5.74, 6) is 0. The highest BCUT2D eigenvalue weighted by Crippen LogP contribution is 2.36. The van der Waals surface area contributed by atoms with E-state index in [1.165, 1.54) is 15.6 Å². The minimum atomic E-state index is -3.60. The van der Waals surface area contributed by atoms with Crippen LogP contribution in [0.1, 0.15) is 32.1 Å². The molecule has 0 aliphatic carbocycles. The summed E-state index contributed by atoms with van der Waals surface area (Å²) in [7, 11) is -3.60. The molecule has 1 heterocycles. The number of sulfonamides is 1. The van der Waals surface area contributed by atoms with Crippen LogP contribution in [0.5, 0.6) is 0 Å². The first-order chi connectivity index (χ1) is 9.97. The van der Waals surface area contributed by atoms with Crippen LogP contribution >= 0.6 is 11.3 Å². The van der Waals surface area contributed by atoms with E-state index >= 15 is 0 Å². The van der Waals surface area contributed by atoms with Crippen LogP contribution in [-0.4, -0.2) is 30.4 Å². The van der Waals surface area contributed by atoms with Crippen LogP contribution in [0.25, 0.3) is 10.1 Å². The number of hydrogen-bond acceptors (Lipinski definition) is 4. The molecule has 0 spiro atoms. The van der Waals surface area contributed by atoms with E-state index in [0.29, 0.717) is 16.8 Å². The molecule has 21 heavy (non-hydrogen) atoms. The van der Waals surface area contributed by atoms with Gasteiger partial charge in [-0.1, -0.05) is 32.0 Å². The molecule has 0 saturated carbocycles. The molecular formula is C15H21NO3S2. The van der Waals surface area contributed by atoms with Crippen molar-refractivity contribution < 1.29 is 13.5 Å². The molecule has 2 aromatic rings. The third kappa shape index (κ3) is 2.85. The molecule has 0 saturated heterocycles. The normalized spacial score (nSPS) is 14.0. The van der Waals surface area contributed by atoms with E-state index in [4.69, 9.17) is 0 Å². The second kappa shape index (κ2) is 6.44. The molecule has 1 aromatic heterocycles. The van der Waals surface area contributed by atoms with Gasteiger partial charge in [-0.05, 0) is 19.4 Å². The third-order valence-corrected chi connectivity index (χ3v) is 7.23. The monoisotopic (exact) mass is 327 g/mol. The quantitative estimate of drug-likeness (QED) is 0.886. The molecule has 6 heteroatoms. The average molecular weight is 327 g/mol. The van der Waals surface area contributed by atoms with Gasteiger partial charge in [-0.25, -0.2) is 8.42 Å². The minimum absolute atomic E-state index is 0.0646. The topological polar surface area (TPSA) is 57.6 Å². The first kappa shape index (κ1) is 16.4. The Labute approximate surface area is 130 Å². The molecule has 1 unspecified atom stereocenters. The Morgan fingerprint density at radius 2 is 1.95 bits per heavy atom. The van der Waals surface area contributed by atoms with E-state index < -0.39 is 10.0 Å². The fourth-order valence-corrected chi connectivity index (χ4v) is 5.97. The second-order valence-corrected chi connectivity index (χ2v) is 7.94. The average Bonchev–Trinajstić information content (AvgIpc) is 2.86. The summed E-state index contributed by atoms with van der Waals surface area (Å²) in [4.78, 5) is 0.783. The van der Waals surface area contributed by atoms with Gasteiger partial charge in [0, 0.05) is 22.7 Å². The fraction of sp³-hybridized carbons (Fsp3) is 0.467. The maximum absolute atomic E-state index is 13.0. The molecule has 116 valence electrons. The van der Waals surface area contributed by atoms with Crippen molar-refractivity contribution in [3.8, 4) is 0 Å². The van der Waals surface area contributed by atoms with Gasteiger partial charge in [0.05, 0.1) is 11.5 Å². The van der Waals surface area contributed by atoms with Gasteiger partial charge in [0.2, 0.25) is 10.0 Å². The van der Waals surface area contributed by atoms with Gasteiger partial charge in [0.15, 0.2) is 0 Å². The number of aliphatic hydroxyl groups excluding tert-OH is 1. The number of nitrogens with zero attached hydrogens (tertiary/aromatic N) is 1. The van der Waals surface area contributed by atoms with Crippen molar-refractivity contribution in [2.24, 2.45) is 0 Å². The number of fused-ring (bicyclic) bond motifs is 1. The van der Waals surface area contributed by atoms with Crippen LogP contribution in [0.15, 0.2) is 29.2 Å². The summed E-state index contributed by atoms with van der Waals surface area (Å²) in [5, 5.41) is 10.3. The van der Waals surface area contributed by atoms with Crippen LogP contribution in [0.3, 0.4) is 0 Å². The number of hydrogen-bond donors (Lipinski definition) is 1.